The minimum absolute atomic E-state index is 0.159. The number of rotatable bonds is 9. The predicted octanol–water partition coefficient (Wildman–Crippen LogP) is 8.36. The molecule has 0 amide bonds. The van der Waals surface area contributed by atoms with Crippen LogP contribution in [0.25, 0.3) is 22.2 Å². The van der Waals surface area contributed by atoms with Crippen LogP contribution in [0.4, 0.5) is 15.9 Å². The maximum atomic E-state index is 13.5. The number of fused-ring (bicyclic) bond motifs is 1. The average molecular weight is 648 g/mol. The Morgan fingerprint density at radius 1 is 0.936 bits per heavy atom. The maximum Gasteiger partial charge on any atom is 0.141 e. The summed E-state index contributed by atoms with van der Waals surface area (Å²) in [5, 5.41) is 13.6. The topological polar surface area (TPSA) is 81.0 Å². The summed E-state index contributed by atoms with van der Waals surface area (Å²) in [5.74, 6) is 0.836. The molecule has 4 aromatic carbocycles. The number of nitrogens with one attached hydrogen (secondary N) is 1. The summed E-state index contributed by atoms with van der Waals surface area (Å²) in [6.45, 7) is 9.72. The van der Waals surface area contributed by atoms with Crippen molar-refractivity contribution in [3.8, 4) is 17.0 Å². The van der Waals surface area contributed by atoms with Gasteiger partial charge in [0.15, 0.2) is 0 Å². The normalized spacial score (nSPS) is 13.9. The highest BCUT2D eigenvalue weighted by Crippen LogP contribution is 2.33. The van der Waals surface area contributed by atoms with Crippen LogP contribution in [0.3, 0.4) is 0 Å². The lowest BCUT2D eigenvalue weighted by atomic mass is 9.86. The Hall–Kier alpha value is -4.86. The highest BCUT2D eigenvalue weighted by molar-refractivity contribution is 6.32. The van der Waals surface area contributed by atoms with E-state index in [1.807, 2.05) is 35.1 Å². The average Bonchev–Trinajstić information content (AvgIpc) is 3.52. The highest BCUT2D eigenvalue weighted by atomic mass is 35.5. The van der Waals surface area contributed by atoms with Crippen LogP contribution in [0, 0.1) is 5.82 Å². The number of hydrogen-bond acceptors (Lipinski definition) is 7. The molecule has 1 aliphatic heterocycles. The van der Waals surface area contributed by atoms with E-state index in [-0.39, 0.29) is 23.9 Å². The minimum atomic E-state index is -0.305. The number of likely N-dealkylation sites (tertiary alicyclic amines) is 1. The van der Waals surface area contributed by atoms with E-state index < -0.39 is 0 Å². The fraction of sp³-hybridized carbons (Fsp3) is 0.243. The number of nitrogens with zero attached hydrogens (tertiary/aromatic N) is 6. The van der Waals surface area contributed by atoms with E-state index >= 15 is 0 Å². The monoisotopic (exact) mass is 647 g/mol. The van der Waals surface area contributed by atoms with Crippen molar-refractivity contribution in [3.63, 3.8) is 0 Å². The second kappa shape index (κ2) is 12.7. The third-order valence-corrected chi connectivity index (χ3v) is 8.75. The molecule has 8 nitrogen and oxygen atoms in total. The molecule has 1 aliphatic rings. The molecule has 1 N–H and O–H groups in total. The van der Waals surface area contributed by atoms with Crippen molar-refractivity contribution in [1.82, 2.24) is 29.9 Å². The fourth-order valence-corrected chi connectivity index (χ4v) is 5.97. The van der Waals surface area contributed by atoms with E-state index in [1.165, 1.54) is 29.6 Å². The van der Waals surface area contributed by atoms with Crippen molar-refractivity contribution in [1.29, 1.82) is 0 Å². The number of halogens is 2. The van der Waals surface area contributed by atoms with Gasteiger partial charge in [-0.3, -0.25) is 4.90 Å². The van der Waals surface area contributed by atoms with Crippen molar-refractivity contribution in [2.24, 2.45) is 0 Å². The molecular weight excluding hydrogens is 613 g/mol. The van der Waals surface area contributed by atoms with Gasteiger partial charge < -0.3 is 10.1 Å². The second-order valence-electron chi connectivity index (χ2n) is 13.0. The molecule has 6 aromatic rings. The molecular formula is C37H35ClFN7O. The molecule has 0 aliphatic carbocycles. The van der Waals surface area contributed by atoms with Crippen LogP contribution in [-0.2, 0) is 18.6 Å². The number of anilines is 2. The molecule has 0 unspecified atom stereocenters. The number of benzene rings is 4. The third-order valence-electron chi connectivity index (χ3n) is 8.46. The molecule has 7 rings (SSSR count). The zero-order valence-electron chi connectivity index (χ0n) is 26.5. The predicted molar refractivity (Wildman–Crippen MR) is 183 cm³/mol. The van der Waals surface area contributed by atoms with Crippen molar-refractivity contribution in [3.05, 3.63) is 125 Å². The Bertz CT molecular complexity index is 2030. The van der Waals surface area contributed by atoms with Crippen LogP contribution in [0.2, 0.25) is 5.02 Å². The number of aromatic nitrogens is 5. The highest BCUT2D eigenvalue weighted by Gasteiger charge is 2.29. The van der Waals surface area contributed by atoms with Gasteiger partial charge in [0.25, 0.3) is 0 Å². The molecule has 3 heterocycles. The number of hydrogen-bond donors (Lipinski definition) is 1. The lowest BCUT2D eigenvalue weighted by Gasteiger charge is -2.39. The van der Waals surface area contributed by atoms with Crippen LogP contribution in [0.15, 0.2) is 97.5 Å². The van der Waals surface area contributed by atoms with Crippen LogP contribution in [-0.4, -0.2) is 43.0 Å². The largest absolute Gasteiger partial charge is 0.487 e. The lowest BCUT2D eigenvalue weighted by Crippen LogP contribution is -2.47. The quantitative estimate of drug-likeness (QED) is 0.169. The molecule has 0 saturated carbocycles. The lowest BCUT2D eigenvalue weighted by molar-refractivity contribution is 0.0896. The van der Waals surface area contributed by atoms with Gasteiger partial charge >= 0.3 is 0 Å². The summed E-state index contributed by atoms with van der Waals surface area (Å²) >= 11 is 6.54. The van der Waals surface area contributed by atoms with Gasteiger partial charge in [-0.1, -0.05) is 80.1 Å². The Labute approximate surface area is 278 Å². The summed E-state index contributed by atoms with van der Waals surface area (Å²) in [4.78, 5) is 11.4. The summed E-state index contributed by atoms with van der Waals surface area (Å²) < 4.78 is 21.3. The van der Waals surface area contributed by atoms with Crippen molar-refractivity contribution in [2.75, 3.05) is 18.4 Å². The van der Waals surface area contributed by atoms with Gasteiger partial charge in [0, 0.05) is 36.3 Å². The first-order valence-corrected chi connectivity index (χ1v) is 16.0. The Morgan fingerprint density at radius 3 is 2.53 bits per heavy atom. The SMILES string of the molecule is CC(C)(C)c1ccc(CN2CC(n3cc(-c4ccc5ncnc(Nc6ccc(OCc7cccc(F)c7)c(Cl)c6)c5c4)nn3)C2)cc1. The second-order valence-corrected chi connectivity index (χ2v) is 13.4. The summed E-state index contributed by atoms with van der Waals surface area (Å²) in [5.41, 5.74) is 6.81. The van der Waals surface area contributed by atoms with Crippen LogP contribution >= 0.6 is 11.6 Å². The summed E-state index contributed by atoms with van der Waals surface area (Å²) in [6.07, 6.45) is 3.54. The Kier molecular flexibility index (Phi) is 8.34. The molecule has 0 radical (unpaired) electrons. The Balaban J connectivity index is 1.01. The van der Waals surface area contributed by atoms with Gasteiger partial charge in [-0.15, -0.1) is 5.10 Å². The molecule has 10 heteroatoms. The molecule has 1 fully saturated rings. The van der Waals surface area contributed by atoms with Crippen LogP contribution in [0.5, 0.6) is 5.75 Å². The van der Waals surface area contributed by atoms with E-state index in [0.29, 0.717) is 16.6 Å². The first kappa shape index (κ1) is 30.8. The molecule has 1 saturated heterocycles. The first-order valence-electron chi connectivity index (χ1n) is 15.6. The molecule has 0 spiro atoms. The van der Waals surface area contributed by atoms with E-state index in [2.05, 4.69) is 75.5 Å². The van der Waals surface area contributed by atoms with Gasteiger partial charge in [0.1, 0.15) is 36.0 Å². The van der Waals surface area contributed by atoms with E-state index in [1.54, 1.807) is 24.3 Å². The molecule has 0 atom stereocenters. The van der Waals surface area contributed by atoms with Gasteiger partial charge in [0.05, 0.1) is 22.8 Å². The number of ether oxygens (including phenoxy) is 1. The summed E-state index contributed by atoms with van der Waals surface area (Å²) in [7, 11) is 0. The maximum absolute atomic E-state index is 13.5. The van der Waals surface area contributed by atoms with Crippen LogP contribution in [0.1, 0.15) is 43.5 Å². The van der Waals surface area contributed by atoms with Crippen molar-refractivity contribution in [2.45, 2.75) is 45.4 Å². The van der Waals surface area contributed by atoms with Gasteiger partial charge in [0.2, 0.25) is 0 Å². The van der Waals surface area contributed by atoms with Crippen molar-refractivity contribution >= 4 is 34.0 Å². The zero-order chi connectivity index (χ0) is 32.5. The minimum Gasteiger partial charge on any atom is -0.487 e. The van der Waals surface area contributed by atoms with Gasteiger partial charge in [-0.05, 0) is 64.6 Å². The van der Waals surface area contributed by atoms with Gasteiger partial charge in [-0.2, -0.15) is 0 Å². The van der Waals surface area contributed by atoms with Crippen LogP contribution < -0.4 is 10.1 Å². The molecule has 0 bridgehead atoms. The summed E-state index contributed by atoms with van der Waals surface area (Å²) in [6, 6.07) is 26.9. The Morgan fingerprint density at radius 2 is 1.77 bits per heavy atom. The fourth-order valence-electron chi connectivity index (χ4n) is 5.73. The third kappa shape index (κ3) is 6.96. The molecule has 238 valence electrons. The van der Waals surface area contributed by atoms with E-state index in [4.69, 9.17) is 16.3 Å². The van der Waals surface area contributed by atoms with Crippen molar-refractivity contribution < 1.29 is 9.13 Å². The first-order chi connectivity index (χ1) is 22.7. The smallest absolute Gasteiger partial charge is 0.141 e. The van der Waals surface area contributed by atoms with Gasteiger partial charge in [-0.25, -0.2) is 19.0 Å². The zero-order valence-corrected chi connectivity index (χ0v) is 27.2. The van der Waals surface area contributed by atoms with E-state index in [9.17, 15) is 4.39 Å². The standard InChI is InChI=1S/C37H35ClFN7O/c1-37(2,3)27-10-7-24(8-11-27)18-45-19-30(20-45)46-21-34(43-44-46)26-9-13-33-31(16-26)36(41-23-40-33)42-29-12-14-35(32(38)17-29)47-22-25-5-4-6-28(39)15-25/h4-17,21,23,30H,18-20,22H2,1-3H3,(H,40,41,42). The van der Waals surface area contributed by atoms with E-state index in [0.717, 1.165) is 53.0 Å². The molecule has 47 heavy (non-hydrogen) atoms. The molecule has 2 aromatic heterocycles.